The highest BCUT2D eigenvalue weighted by Gasteiger charge is 2.19. The second-order valence-electron chi connectivity index (χ2n) is 7.97. The quantitative estimate of drug-likeness (QED) is 0.284. The minimum absolute atomic E-state index is 0.250. The molecule has 0 bridgehead atoms. The molecule has 0 aliphatic carbocycles. The molecule has 34 heavy (non-hydrogen) atoms. The van der Waals surface area contributed by atoms with E-state index in [9.17, 15) is 0 Å². The fourth-order valence-electron chi connectivity index (χ4n) is 3.62. The summed E-state index contributed by atoms with van der Waals surface area (Å²) in [7, 11) is 4.16. The molecule has 0 spiro atoms. The molecule has 3 aromatic rings. The predicted octanol–water partition coefficient (Wildman–Crippen LogP) is 5.68. The zero-order valence-electron chi connectivity index (χ0n) is 18.8. The maximum atomic E-state index is 8.36. The van der Waals surface area contributed by atoms with E-state index < -0.39 is 0 Å². The van der Waals surface area contributed by atoms with E-state index in [-0.39, 0.29) is 6.47 Å². The van der Waals surface area contributed by atoms with Crippen molar-refractivity contribution in [2.24, 2.45) is 0 Å². The predicted molar refractivity (Wildman–Crippen MR) is 143 cm³/mol. The summed E-state index contributed by atoms with van der Waals surface area (Å²) in [4.78, 5) is 20.6. The van der Waals surface area contributed by atoms with Crippen molar-refractivity contribution in [2.45, 2.75) is 19.3 Å². The first-order chi connectivity index (χ1) is 16.3. The number of anilines is 3. The van der Waals surface area contributed by atoms with Gasteiger partial charge < -0.3 is 20.6 Å². The Morgan fingerprint density at radius 1 is 1.21 bits per heavy atom. The van der Waals surface area contributed by atoms with Gasteiger partial charge in [-0.1, -0.05) is 35.4 Å². The van der Waals surface area contributed by atoms with Gasteiger partial charge in [0.1, 0.15) is 0 Å². The SMILES string of the molecule is CN(C)CCCc1cc(Cl)cc(Nc2ncc3c(n2)-c2ccc(Cl)cc2NC(=S)C3)c1.O=CO. The fraction of sp³-hybridized carbons (Fsp3) is 0.250. The fourth-order valence-corrected chi connectivity index (χ4v) is 4.31. The van der Waals surface area contributed by atoms with Gasteiger partial charge in [0, 0.05) is 45.2 Å². The molecule has 2 aromatic carbocycles. The van der Waals surface area contributed by atoms with Crippen molar-refractivity contribution in [2.75, 3.05) is 31.3 Å². The second kappa shape index (κ2) is 12.1. The van der Waals surface area contributed by atoms with Crippen molar-refractivity contribution in [3.8, 4) is 11.3 Å². The zero-order chi connectivity index (χ0) is 24.7. The number of rotatable bonds is 6. The lowest BCUT2D eigenvalue weighted by Gasteiger charge is -2.13. The number of hydrogen-bond acceptors (Lipinski definition) is 6. The van der Waals surface area contributed by atoms with Gasteiger partial charge in [0.25, 0.3) is 6.47 Å². The normalized spacial score (nSPS) is 12.0. The number of nitrogens with one attached hydrogen (secondary N) is 2. The first-order valence-electron chi connectivity index (χ1n) is 10.5. The number of aryl methyl sites for hydroxylation is 1. The number of aromatic nitrogens is 2. The summed E-state index contributed by atoms with van der Waals surface area (Å²) in [6.07, 6.45) is 4.42. The van der Waals surface area contributed by atoms with Gasteiger partial charge in [-0.15, -0.1) is 0 Å². The van der Waals surface area contributed by atoms with Crippen LogP contribution in [0.15, 0.2) is 42.6 Å². The van der Waals surface area contributed by atoms with Gasteiger partial charge in [-0.2, -0.15) is 0 Å². The molecule has 10 heteroatoms. The number of hydrogen-bond donors (Lipinski definition) is 3. The van der Waals surface area contributed by atoms with Crippen LogP contribution in [0.5, 0.6) is 0 Å². The summed E-state index contributed by atoms with van der Waals surface area (Å²) < 4.78 is 0. The molecule has 178 valence electrons. The van der Waals surface area contributed by atoms with Crippen LogP contribution >= 0.6 is 35.4 Å². The number of nitrogens with zero attached hydrogens (tertiary/aromatic N) is 3. The van der Waals surface area contributed by atoms with Gasteiger partial charge in [-0.05, 0) is 75.4 Å². The van der Waals surface area contributed by atoms with E-state index in [1.165, 1.54) is 5.56 Å². The Hall–Kier alpha value is -2.78. The van der Waals surface area contributed by atoms with Crippen molar-refractivity contribution < 1.29 is 9.90 Å². The highest BCUT2D eigenvalue weighted by atomic mass is 35.5. The maximum Gasteiger partial charge on any atom is 0.290 e. The smallest absolute Gasteiger partial charge is 0.290 e. The summed E-state index contributed by atoms with van der Waals surface area (Å²) in [5, 5.41) is 14.8. The Bertz CT molecular complexity index is 1190. The molecule has 1 aliphatic heterocycles. The average molecular weight is 518 g/mol. The van der Waals surface area contributed by atoms with Gasteiger partial charge in [0.05, 0.1) is 10.7 Å². The highest BCUT2D eigenvalue weighted by Crippen LogP contribution is 2.35. The third kappa shape index (κ3) is 7.11. The molecule has 1 aromatic heterocycles. The first kappa shape index (κ1) is 25.8. The second-order valence-corrected chi connectivity index (χ2v) is 9.33. The van der Waals surface area contributed by atoms with Crippen molar-refractivity contribution >= 4 is 64.2 Å². The van der Waals surface area contributed by atoms with Gasteiger partial charge in [0.15, 0.2) is 0 Å². The molecular weight excluding hydrogens is 493 g/mol. The van der Waals surface area contributed by atoms with Crippen molar-refractivity contribution in [1.82, 2.24) is 14.9 Å². The number of benzene rings is 2. The zero-order valence-corrected chi connectivity index (χ0v) is 21.1. The maximum absolute atomic E-state index is 8.36. The molecule has 2 heterocycles. The van der Waals surface area contributed by atoms with E-state index in [2.05, 4.69) is 40.7 Å². The van der Waals surface area contributed by atoms with Gasteiger partial charge in [-0.25, -0.2) is 9.97 Å². The molecule has 0 fully saturated rings. The molecule has 0 atom stereocenters. The lowest BCUT2D eigenvalue weighted by molar-refractivity contribution is -0.122. The van der Waals surface area contributed by atoms with E-state index in [1.54, 1.807) is 0 Å². The highest BCUT2D eigenvalue weighted by molar-refractivity contribution is 7.80. The molecule has 0 saturated heterocycles. The van der Waals surface area contributed by atoms with Crippen molar-refractivity contribution in [3.63, 3.8) is 0 Å². The summed E-state index contributed by atoms with van der Waals surface area (Å²) >= 11 is 18.0. The molecule has 1 aliphatic rings. The molecule has 4 rings (SSSR count). The Morgan fingerprint density at radius 3 is 2.71 bits per heavy atom. The van der Waals surface area contributed by atoms with Gasteiger partial charge in [-0.3, -0.25) is 4.79 Å². The lowest BCUT2D eigenvalue weighted by Crippen LogP contribution is -2.13. The minimum Gasteiger partial charge on any atom is -0.483 e. The van der Waals surface area contributed by atoms with Crippen molar-refractivity contribution in [1.29, 1.82) is 0 Å². The summed E-state index contributed by atoms with van der Waals surface area (Å²) in [6.45, 7) is 0.780. The van der Waals surface area contributed by atoms with E-state index in [1.807, 2.05) is 36.5 Å². The molecule has 3 N–H and O–H groups in total. The van der Waals surface area contributed by atoms with Crippen LogP contribution in [0, 0.1) is 0 Å². The molecule has 0 saturated carbocycles. The Labute approximate surface area is 214 Å². The molecule has 0 unspecified atom stereocenters. The van der Waals surface area contributed by atoms with Crippen LogP contribution in [0.1, 0.15) is 17.5 Å². The third-order valence-electron chi connectivity index (χ3n) is 5.01. The molecular formula is C24H25Cl2N5O2S. The Balaban J connectivity index is 0.00000103. The Morgan fingerprint density at radius 2 is 1.97 bits per heavy atom. The van der Waals surface area contributed by atoms with E-state index in [0.717, 1.165) is 47.6 Å². The van der Waals surface area contributed by atoms with Gasteiger partial charge in [0.2, 0.25) is 5.95 Å². The number of thiocarbonyl (C=S) groups is 1. The standard InChI is InChI=1S/C23H23Cl2N5S.CH2O2/c1-30(2)7-3-4-14-8-17(25)11-18(9-14)27-23-26-13-15-10-21(31)28-20-12-16(24)5-6-19(20)22(15)29-23;2-1-3/h5-6,8-9,11-13H,3-4,7,10H2,1-2H3,(H,28,31)(H,26,27,29);1H,(H,2,3). The average Bonchev–Trinajstić information content (AvgIpc) is 2.88. The minimum atomic E-state index is -0.250. The monoisotopic (exact) mass is 517 g/mol. The van der Waals surface area contributed by atoms with Crippen LogP contribution in [-0.4, -0.2) is 52.1 Å². The van der Waals surface area contributed by atoms with Crippen molar-refractivity contribution in [3.05, 3.63) is 63.8 Å². The Kier molecular flexibility index (Phi) is 9.18. The van der Waals surface area contributed by atoms with Crippen LogP contribution < -0.4 is 10.6 Å². The lowest BCUT2D eigenvalue weighted by atomic mass is 10.1. The number of halogens is 2. The summed E-state index contributed by atoms with van der Waals surface area (Å²) in [5.41, 5.74) is 5.66. The number of carbonyl (C=O) groups is 1. The third-order valence-corrected chi connectivity index (χ3v) is 5.71. The van der Waals surface area contributed by atoms with Crippen LogP contribution in [0.4, 0.5) is 17.3 Å². The first-order valence-corrected chi connectivity index (χ1v) is 11.7. The van der Waals surface area contributed by atoms with Gasteiger partial charge >= 0.3 is 0 Å². The number of carboxylic acid groups (broad SMARTS) is 1. The van der Waals surface area contributed by atoms with E-state index >= 15 is 0 Å². The van der Waals surface area contributed by atoms with Crippen LogP contribution in [0.3, 0.4) is 0 Å². The van der Waals surface area contributed by atoms with Crippen LogP contribution in [0.2, 0.25) is 10.0 Å². The van der Waals surface area contributed by atoms with Crippen LogP contribution in [-0.2, 0) is 17.6 Å². The topological polar surface area (TPSA) is 90.4 Å². The van der Waals surface area contributed by atoms with Crippen LogP contribution in [0.25, 0.3) is 11.3 Å². The largest absolute Gasteiger partial charge is 0.483 e. The summed E-state index contributed by atoms with van der Waals surface area (Å²) in [5.74, 6) is 0.508. The molecule has 7 nitrogen and oxygen atoms in total. The number of fused-ring (bicyclic) bond motifs is 3. The van der Waals surface area contributed by atoms with E-state index in [0.29, 0.717) is 27.4 Å². The van der Waals surface area contributed by atoms with E-state index in [4.69, 9.17) is 50.3 Å². The summed E-state index contributed by atoms with van der Waals surface area (Å²) in [6, 6.07) is 11.7. The molecule has 0 radical (unpaired) electrons. The molecule has 0 amide bonds.